The van der Waals surface area contributed by atoms with Crippen LogP contribution in [0.1, 0.15) is 20.7 Å². The zero-order chi connectivity index (χ0) is 22.8. The van der Waals surface area contributed by atoms with Gasteiger partial charge in [0.25, 0.3) is 5.69 Å². The molecule has 0 saturated carbocycles. The van der Waals surface area contributed by atoms with E-state index in [2.05, 4.69) is 53.5 Å². The number of nitro benzene ring substituents is 1. The van der Waals surface area contributed by atoms with Crippen LogP contribution in [0.15, 0.2) is 77.9 Å². The lowest BCUT2D eigenvalue weighted by atomic mass is 9.84. The number of aromatic nitrogens is 1. The summed E-state index contributed by atoms with van der Waals surface area (Å²) in [7, 11) is 0. The molecular formula is C24H12N4O4. The van der Waals surface area contributed by atoms with Crippen molar-refractivity contribution in [2.45, 2.75) is 0 Å². The van der Waals surface area contributed by atoms with Gasteiger partial charge in [0.05, 0.1) is 4.92 Å². The van der Waals surface area contributed by atoms with Crippen molar-refractivity contribution < 1.29 is 14.5 Å². The van der Waals surface area contributed by atoms with Crippen LogP contribution in [0.5, 0.6) is 0 Å². The number of ketones is 2. The van der Waals surface area contributed by atoms with Crippen molar-refractivity contribution in [3.8, 4) is 12.1 Å². The zero-order valence-corrected chi connectivity index (χ0v) is 16.3. The number of fused-ring (bicyclic) bond motifs is 4. The van der Waals surface area contributed by atoms with Gasteiger partial charge in [0.2, 0.25) is 11.6 Å². The molecule has 8 nitrogen and oxygen atoms in total. The molecule has 0 aliphatic heterocycles. The van der Waals surface area contributed by atoms with Gasteiger partial charge in [-0.3, -0.25) is 19.7 Å². The van der Waals surface area contributed by atoms with Crippen molar-refractivity contribution in [1.82, 2.24) is 4.98 Å². The molecule has 3 aromatic carbocycles. The first-order valence-corrected chi connectivity index (χ1v) is 9.34. The molecule has 32 heavy (non-hydrogen) atoms. The summed E-state index contributed by atoms with van der Waals surface area (Å²) < 4.78 is 0. The predicted molar refractivity (Wildman–Crippen MR) is 116 cm³/mol. The largest absolute Gasteiger partial charge is 0.355 e. The summed E-state index contributed by atoms with van der Waals surface area (Å²) in [5, 5.41) is 31.1. The summed E-state index contributed by atoms with van der Waals surface area (Å²) in [6.07, 6.45) is 0. The van der Waals surface area contributed by atoms with Crippen molar-refractivity contribution in [2.24, 2.45) is 0 Å². The van der Waals surface area contributed by atoms with Crippen molar-refractivity contribution in [3.63, 3.8) is 0 Å². The number of Topliss-reactive ketones (excluding diaryl/α,β-unsaturated/α-hetero) is 2. The quantitative estimate of drug-likeness (QED) is 0.351. The van der Waals surface area contributed by atoms with Crippen LogP contribution in [-0.4, -0.2) is 21.5 Å². The van der Waals surface area contributed by atoms with E-state index in [9.17, 15) is 19.7 Å². The molecule has 4 aromatic rings. The maximum absolute atomic E-state index is 12.0. The number of para-hydroxylation sites is 2. The molecule has 0 radical (unpaired) electrons. The Kier molecular flexibility index (Phi) is 5.04. The Labute approximate surface area is 180 Å². The van der Waals surface area contributed by atoms with Crippen molar-refractivity contribution in [1.29, 1.82) is 10.5 Å². The fourth-order valence-corrected chi connectivity index (χ4v) is 3.62. The van der Waals surface area contributed by atoms with Gasteiger partial charge in [0.15, 0.2) is 0 Å². The van der Waals surface area contributed by atoms with E-state index in [1.165, 1.54) is 46.1 Å². The van der Waals surface area contributed by atoms with Crippen LogP contribution in [0.2, 0.25) is 0 Å². The number of carbonyl (C=O) groups excluding carboxylic acids is 2. The summed E-state index contributed by atoms with van der Waals surface area (Å²) in [6.45, 7) is 0. The van der Waals surface area contributed by atoms with Gasteiger partial charge in [-0.1, -0.05) is 42.5 Å². The second kappa shape index (κ2) is 7.98. The minimum Gasteiger partial charge on any atom is -0.355 e. The number of nitrogens with zero attached hydrogens (tertiary/aromatic N) is 3. The highest BCUT2D eigenvalue weighted by Crippen LogP contribution is 2.32. The first-order valence-electron chi connectivity index (χ1n) is 9.34. The molecule has 8 heteroatoms. The average Bonchev–Trinajstić information content (AvgIpc) is 3.20. The number of rotatable bonds is 1. The van der Waals surface area contributed by atoms with E-state index in [-0.39, 0.29) is 5.56 Å². The number of benzene rings is 3. The van der Waals surface area contributed by atoms with Crippen LogP contribution in [0.25, 0.3) is 21.8 Å². The lowest BCUT2D eigenvalue weighted by Gasteiger charge is -2.13. The van der Waals surface area contributed by atoms with E-state index in [4.69, 9.17) is 10.5 Å². The Morgan fingerprint density at radius 2 is 1.28 bits per heavy atom. The summed E-state index contributed by atoms with van der Waals surface area (Å²) in [5.41, 5.74) is -0.0365. The third kappa shape index (κ3) is 3.18. The van der Waals surface area contributed by atoms with E-state index >= 15 is 0 Å². The zero-order valence-electron chi connectivity index (χ0n) is 16.3. The smallest absolute Gasteiger partial charge is 0.281 e. The molecule has 0 saturated heterocycles. The molecule has 1 aromatic heterocycles. The molecule has 152 valence electrons. The molecule has 0 atom stereocenters. The number of hydrogen-bond acceptors (Lipinski definition) is 6. The average molecular weight is 420 g/mol. The molecule has 5 rings (SSSR count). The van der Waals surface area contributed by atoms with Crippen molar-refractivity contribution in [3.05, 3.63) is 99.1 Å². The third-order valence-corrected chi connectivity index (χ3v) is 5.05. The molecule has 0 amide bonds. The Hall–Kier alpha value is -5.08. The van der Waals surface area contributed by atoms with Gasteiger partial charge in [-0.25, -0.2) is 0 Å². The Morgan fingerprint density at radius 1 is 0.750 bits per heavy atom. The van der Waals surface area contributed by atoms with Crippen molar-refractivity contribution >= 4 is 39.1 Å². The van der Waals surface area contributed by atoms with E-state index in [1.807, 2.05) is 0 Å². The SMILES string of the molecule is N#CC1=C(C#N)C(=O)c2c(cccc2[N+](=O)[O-])C1=O.c1ccc2c(c1)[nH]c1ccccc12. The number of hydrogen-bond donors (Lipinski definition) is 1. The summed E-state index contributed by atoms with van der Waals surface area (Å²) in [6, 6.07) is 23.2. The molecule has 1 N–H and O–H groups in total. The van der Waals surface area contributed by atoms with E-state index in [0.717, 1.165) is 6.07 Å². The van der Waals surface area contributed by atoms with Gasteiger partial charge in [0, 0.05) is 33.4 Å². The second-order valence-corrected chi connectivity index (χ2v) is 6.80. The number of nitro groups is 1. The van der Waals surface area contributed by atoms with Crippen LogP contribution in [0.4, 0.5) is 5.69 Å². The molecule has 0 unspecified atom stereocenters. The Morgan fingerprint density at radius 3 is 1.81 bits per heavy atom. The fourth-order valence-electron chi connectivity index (χ4n) is 3.62. The molecule has 0 fully saturated rings. The Balaban J connectivity index is 0.000000163. The molecule has 0 bridgehead atoms. The first-order chi connectivity index (χ1) is 15.5. The number of nitrogens with one attached hydrogen (secondary N) is 1. The maximum atomic E-state index is 12.0. The van der Waals surface area contributed by atoms with Crippen LogP contribution in [-0.2, 0) is 0 Å². The molecule has 1 aliphatic carbocycles. The predicted octanol–water partition coefficient (Wildman–Crippen LogP) is 4.64. The van der Waals surface area contributed by atoms with Gasteiger partial charge in [-0.15, -0.1) is 0 Å². The molecule has 0 spiro atoms. The van der Waals surface area contributed by atoms with E-state index in [0.29, 0.717) is 0 Å². The number of H-pyrrole nitrogens is 1. The minimum atomic E-state index is -0.971. The molecule has 1 heterocycles. The second-order valence-electron chi connectivity index (χ2n) is 6.80. The van der Waals surface area contributed by atoms with Gasteiger partial charge in [-0.2, -0.15) is 10.5 Å². The Bertz CT molecular complexity index is 1510. The van der Waals surface area contributed by atoms with Crippen LogP contribution in [0, 0.1) is 32.8 Å². The fraction of sp³-hybridized carbons (Fsp3) is 0. The highest BCUT2D eigenvalue weighted by Gasteiger charge is 2.37. The van der Waals surface area contributed by atoms with Crippen LogP contribution >= 0.6 is 0 Å². The number of nitriles is 2. The summed E-state index contributed by atoms with van der Waals surface area (Å²) in [5.74, 6) is -1.82. The van der Waals surface area contributed by atoms with Gasteiger partial charge in [-0.05, 0) is 18.2 Å². The van der Waals surface area contributed by atoms with Gasteiger partial charge < -0.3 is 4.98 Å². The maximum Gasteiger partial charge on any atom is 0.281 e. The number of allylic oxidation sites excluding steroid dienone is 2. The van der Waals surface area contributed by atoms with Gasteiger partial charge >= 0.3 is 0 Å². The minimum absolute atomic E-state index is 0.227. The summed E-state index contributed by atoms with van der Waals surface area (Å²) in [4.78, 5) is 37.3. The molecule has 1 aliphatic rings. The lowest BCUT2D eigenvalue weighted by molar-refractivity contribution is -0.385. The summed E-state index contributed by atoms with van der Waals surface area (Å²) >= 11 is 0. The topological polar surface area (TPSA) is 141 Å². The highest BCUT2D eigenvalue weighted by atomic mass is 16.6. The van der Waals surface area contributed by atoms with Crippen LogP contribution < -0.4 is 0 Å². The van der Waals surface area contributed by atoms with Crippen LogP contribution in [0.3, 0.4) is 0 Å². The normalized spacial score (nSPS) is 12.6. The van der Waals surface area contributed by atoms with E-state index < -0.39 is 38.9 Å². The standard InChI is InChI=1S/C12H3N3O4.C12H9N/c13-4-7-8(5-14)12(17)10-6(11(7)16)2-1-3-9(10)15(18)19;1-3-7-11-9(5-1)10-6-2-4-8-12(10)13-11/h1-3H;1-8,13H. The van der Waals surface area contributed by atoms with Gasteiger partial charge in [0.1, 0.15) is 28.8 Å². The monoisotopic (exact) mass is 420 g/mol. The number of carbonyl (C=O) groups is 2. The molecular weight excluding hydrogens is 408 g/mol. The first kappa shape index (κ1) is 20.2. The lowest BCUT2D eigenvalue weighted by Crippen LogP contribution is -2.22. The third-order valence-electron chi connectivity index (χ3n) is 5.05. The van der Waals surface area contributed by atoms with Crippen molar-refractivity contribution in [2.75, 3.05) is 0 Å². The van der Waals surface area contributed by atoms with E-state index in [1.54, 1.807) is 0 Å². The highest BCUT2D eigenvalue weighted by molar-refractivity contribution is 6.31. The number of aromatic amines is 1.